The molecule has 1 aromatic carbocycles. The molecule has 138 valence electrons. The van der Waals surface area contributed by atoms with E-state index in [1.807, 2.05) is 22.9 Å². The van der Waals surface area contributed by atoms with Gasteiger partial charge in [-0.15, -0.1) is 0 Å². The maximum Gasteiger partial charge on any atom is 0.249 e. The normalized spacial score (nSPS) is 22.0. The maximum atomic E-state index is 12.2. The summed E-state index contributed by atoms with van der Waals surface area (Å²) in [6, 6.07) is 7.98. The summed E-state index contributed by atoms with van der Waals surface area (Å²) >= 11 is 0. The van der Waals surface area contributed by atoms with Crippen LogP contribution in [-0.4, -0.2) is 41.2 Å². The fraction of sp³-hybridized carbons (Fsp3) is 0.500. The van der Waals surface area contributed by atoms with E-state index in [1.165, 1.54) is 5.69 Å². The molecule has 4 rings (SSSR count). The number of benzene rings is 1. The zero-order valence-corrected chi connectivity index (χ0v) is 14.9. The van der Waals surface area contributed by atoms with Crippen molar-refractivity contribution in [2.45, 2.75) is 38.1 Å². The van der Waals surface area contributed by atoms with E-state index in [2.05, 4.69) is 22.3 Å². The smallest absolute Gasteiger partial charge is 0.249 e. The van der Waals surface area contributed by atoms with Crippen LogP contribution in [0.15, 0.2) is 30.5 Å². The van der Waals surface area contributed by atoms with Crippen molar-refractivity contribution in [3.05, 3.63) is 30.5 Å². The molecule has 3 heterocycles. The Balaban J connectivity index is 1.60. The molecule has 2 aromatic rings. The zero-order chi connectivity index (χ0) is 18.1. The Kier molecular flexibility index (Phi) is 4.68. The number of aliphatic hydroxyl groups is 1. The van der Waals surface area contributed by atoms with E-state index in [-0.39, 0.29) is 24.5 Å². The number of fused-ring (bicyclic) bond motifs is 1. The lowest BCUT2D eigenvalue weighted by Gasteiger charge is -2.34. The number of nitrogens with one attached hydrogen (secondary N) is 1. The first-order chi connectivity index (χ1) is 12.7. The van der Waals surface area contributed by atoms with Crippen molar-refractivity contribution >= 4 is 28.4 Å². The number of hydrogen-bond acceptors (Lipinski definition) is 4. The first-order valence-corrected chi connectivity index (χ1v) is 9.46. The van der Waals surface area contributed by atoms with Crippen molar-refractivity contribution < 1.29 is 14.7 Å². The van der Waals surface area contributed by atoms with E-state index >= 15 is 0 Å². The van der Waals surface area contributed by atoms with Crippen LogP contribution in [0.5, 0.6) is 0 Å². The molecule has 2 N–H and O–H groups in total. The van der Waals surface area contributed by atoms with Gasteiger partial charge < -0.3 is 14.6 Å². The topological polar surface area (TPSA) is 74.6 Å². The number of nitrogens with zero attached hydrogens (tertiary/aromatic N) is 2. The van der Waals surface area contributed by atoms with Gasteiger partial charge in [0.15, 0.2) is 0 Å². The van der Waals surface area contributed by atoms with Crippen LogP contribution in [0.3, 0.4) is 0 Å². The molecule has 2 aliphatic rings. The van der Waals surface area contributed by atoms with Crippen LogP contribution in [0.1, 0.15) is 38.1 Å². The minimum absolute atomic E-state index is 0.186. The van der Waals surface area contributed by atoms with Crippen molar-refractivity contribution in [1.29, 1.82) is 0 Å². The Morgan fingerprint density at radius 2 is 1.92 bits per heavy atom. The number of piperidine rings is 2. The summed E-state index contributed by atoms with van der Waals surface area (Å²) in [6.45, 7) is 2.26. The fourth-order valence-electron chi connectivity index (χ4n) is 4.31. The van der Waals surface area contributed by atoms with Crippen molar-refractivity contribution in [3.8, 4) is 0 Å². The van der Waals surface area contributed by atoms with Gasteiger partial charge >= 0.3 is 0 Å². The molecule has 2 fully saturated rings. The molecule has 0 saturated carbocycles. The van der Waals surface area contributed by atoms with Crippen LogP contribution in [0, 0.1) is 5.92 Å². The average Bonchev–Trinajstić information content (AvgIpc) is 3.07. The average molecular weight is 355 g/mol. The molecule has 6 heteroatoms. The second kappa shape index (κ2) is 7.11. The summed E-state index contributed by atoms with van der Waals surface area (Å²) in [5, 5.41) is 12.7. The first-order valence-electron chi connectivity index (χ1n) is 9.46. The minimum Gasteiger partial charge on any atom is -0.396 e. The van der Waals surface area contributed by atoms with Gasteiger partial charge in [0.25, 0.3) is 0 Å². The zero-order valence-electron chi connectivity index (χ0n) is 14.9. The number of hydrogen-bond donors (Lipinski definition) is 2. The molecule has 0 radical (unpaired) electrons. The van der Waals surface area contributed by atoms with Crippen molar-refractivity contribution in [2.24, 2.45) is 5.92 Å². The SMILES string of the molecule is O=C1CCC(n2ccc3c(N4CCC(CCO)CC4)cccc32)C(=O)N1. The largest absolute Gasteiger partial charge is 0.396 e. The van der Waals surface area contributed by atoms with Gasteiger partial charge in [0.05, 0.1) is 5.52 Å². The number of carbonyl (C=O) groups is 2. The fourth-order valence-corrected chi connectivity index (χ4v) is 4.31. The highest BCUT2D eigenvalue weighted by Crippen LogP contribution is 2.34. The van der Waals surface area contributed by atoms with Gasteiger partial charge in [0.1, 0.15) is 6.04 Å². The lowest BCUT2D eigenvalue weighted by Crippen LogP contribution is -2.41. The number of carbonyl (C=O) groups excluding carboxylic acids is 2. The maximum absolute atomic E-state index is 12.2. The molecular weight excluding hydrogens is 330 g/mol. The van der Waals surface area contributed by atoms with Gasteiger partial charge in [-0.05, 0) is 49.8 Å². The molecule has 2 amide bonds. The van der Waals surface area contributed by atoms with Gasteiger partial charge in [-0.25, -0.2) is 0 Å². The lowest BCUT2D eigenvalue weighted by atomic mass is 9.93. The molecule has 1 unspecified atom stereocenters. The van der Waals surface area contributed by atoms with E-state index in [0.29, 0.717) is 18.8 Å². The molecule has 2 saturated heterocycles. The molecule has 6 nitrogen and oxygen atoms in total. The van der Waals surface area contributed by atoms with Gasteiger partial charge in [-0.1, -0.05) is 6.07 Å². The summed E-state index contributed by atoms with van der Waals surface area (Å²) in [5.41, 5.74) is 2.24. The van der Waals surface area contributed by atoms with Crippen LogP contribution in [-0.2, 0) is 9.59 Å². The van der Waals surface area contributed by atoms with Crippen molar-refractivity contribution in [3.63, 3.8) is 0 Å². The number of imide groups is 1. The third-order valence-corrected chi connectivity index (χ3v) is 5.78. The van der Waals surface area contributed by atoms with E-state index in [0.717, 1.165) is 43.3 Å². The van der Waals surface area contributed by atoms with Gasteiger partial charge in [0.2, 0.25) is 11.8 Å². The predicted octanol–water partition coefficient (Wildman–Crippen LogP) is 2.22. The van der Waals surface area contributed by atoms with Gasteiger partial charge in [0, 0.05) is 43.4 Å². The van der Waals surface area contributed by atoms with E-state index in [4.69, 9.17) is 5.11 Å². The Labute approximate surface area is 152 Å². The highest BCUT2D eigenvalue weighted by atomic mass is 16.3. The summed E-state index contributed by atoms with van der Waals surface area (Å²) in [7, 11) is 0. The number of anilines is 1. The molecule has 0 spiro atoms. The van der Waals surface area contributed by atoms with Crippen molar-refractivity contribution in [1.82, 2.24) is 9.88 Å². The second-order valence-electron chi connectivity index (χ2n) is 7.34. The lowest BCUT2D eigenvalue weighted by molar-refractivity contribution is -0.135. The predicted molar refractivity (Wildman–Crippen MR) is 100.0 cm³/mol. The molecule has 0 bridgehead atoms. The second-order valence-corrected chi connectivity index (χ2v) is 7.34. The van der Waals surface area contributed by atoms with Crippen LogP contribution >= 0.6 is 0 Å². The molecule has 1 atom stereocenters. The van der Waals surface area contributed by atoms with E-state index < -0.39 is 0 Å². The van der Waals surface area contributed by atoms with Crippen LogP contribution in [0.4, 0.5) is 5.69 Å². The van der Waals surface area contributed by atoms with Gasteiger partial charge in [-0.2, -0.15) is 0 Å². The van der Waals surface area contributed by atoms with Crippen molar-refractivity contribution in [2.75, 3.05) is 24.6 Å². The highest BCUT2D eigenvalue weighted by molar-refractivity contribution is 6.01. The number of amides is 2. The molecule has 26 heavy (non-hydrogen) atoms. The minimum atomic E-state index is -0.323. The third-order valence-electron chi connectivity index (χ3n) is 5.78. The first kappa shape index (κ1) is 17.1. The number of aliphatic hydroxyl groups excluding tert-OH is 1. The molecule has 2 aliphatic heterocycles. The summed E-state index contributed by atoms with van der Waals surface area (Å²) in [5.74, 6) is 0.214. The summed E-state index contributed by atoms with van der Waals surface area (Å²) < 4.78 is 2.00. The Bertz CT molecular complexity index is 821. The number of aromatic nitrogens is 1. The summed E-state index contributed by atoms with van der Waals surface area (Å²) in [4.78, 5) is 26.1. The van der Waals surface area contributed by atoms with Gasteiger partial charge in [-0.3, -0.25) is 14.9 Å². The standard InChI is InChI=1S/C20H25N3O3/c24-13-9-14-6-10-22(11-7-14)16-2-1-3-17-15(16)8-12-23(17)18-4-5-19(25)21-20(18)26/h1-3,8,12,14,18,24H,4-7,9-11,13H2,(H,21,25,26). The Hall–Kier alpha value is -2.34. The third kappa shape index (κ3) is 3.09. The highest BCUT2D eigenvalue weighted by Gasteiger charge is 2.29. The summed E-state index contributed by atoms with van der Waals surface area (Å²) in [6.07, 6.45) is 5.99. The molecular formula is C20H25N3O3. The number of rotatable bonds is 4. The van der Waals surface area contributed by atoms with Crippen LogP contribution in [0.2, 0.25) is 0 Å². The Morgan fingerprint density at radius 3 is 2.65 bits per heavy atom. The quantitative estimate of drug-likeness (QED) is 0.825. The molecule has 0 aliphatic carbocycles. The molecule has 1 aromatic heterocycles. The Morgan fingerprint density at radius 1 is 1.12 bits per heavy atom. The van der Waals surface area contributed by atoms with E-state index in [9.17, 15) is 9.59 Å². The van der Waals surface area contributed by atoms with E-state index in [1.54, 1.807) is 0 Å². The van der Waals surface area contributed by atoms with Crippen LogP contribution < -0.4 is 10.2 Å². The van der Waals surface area contributed by atoms with Crippen LogP contribution in [0.25, 0.3) is 10.9 Å². The monoisotopic (exact) mass is 355 g/mol.